The smallest absolute Gasteiger partial charge is 0.250 e. The highest BCUT2D eigenvalue weighted by molar-refractivity contribution is 5.86. The van der Waals surface area contributed by atoms with Gasteiger partial charge in [-0.25, -0.2) is 0 Å². The second kappa shape index (κ2) is 6.20. The maximum atomic E-state index is 12.0. The Balaban J connectivity index is 2.02. The average molecular weight is 323 g/mol. The molecule has 0 aliphatic rings. The van der Waals surface area contributed by atoms with Gasteiger partial charge in [-0.1, -0.05) is 18.2 Å². The van der Waals surface area contributed by atoms with E-state index >= 15 is 0 Å². The number of aryl methyl sites for hydroxylation is 1. The first kappa shape index (κ1) is 15.8. The van der Waals surface area contributed by atoms with E-state index in [1.807, 2.05) is 25.1 Å². The van der Waals surface area contributed by atoms with Crippen molar-refractivity contribution < 1.29 is 9.47 Å². The third kappa shape index (κ3) is 2.65. The summed E-state index contributed by atoms with van der Waals surface area (Å²) in [5.41, 5.74) is 2.00. The lowest BCUT2D eigenvalue weighted by Crippen LogP contribution is -2.35. The van der Waals surface area contributed by atoms with Crippen LogP contribution in [0.2, 0.25) is 0 Å². The van der Waals surface area contributed by atoms with Crippen molar-refractivity contribution in [2.45, 2.75) is 6.92 Å². The third-order valence-electron chi connectivity index (χ3n) is 3.90. The van der Waals surface area contributed by atoms with Gasteiger partial charge >= 0.3 is 0 Å². The number of methoxy groups -OCH3 is 2. The SMILES string of the molecule is COc1ccc(-c2c(Nc3cc(C)ccc3OC)c(=O)c2=O)cc1. The monoisotopic (exact) mass is 323 g/mol. The van der Waals surface area contributed by atoms with Crippen LogP contribution in [-0.2, 0) is 0 Å². The topological polar surface area (TPSA) is 64.6 Å². The molecule has 1 N–H and O–H groups in total. The van der Waals surface area contributed by atoms with E-state index in [2.05, 4.69) is 5.32 Å². The molecule has 0 spiro atoms. The molecule has 0 aliphatic heterocycles. The van der Waals surface area contributed by atoms with Crippen molar-refractivity contribution in [3.05, 3.63) is 68.5 Å². The number of anilines is 2. The Kier molecular flexibility index (Phi) is 4.08. The molecule has 0 amide bonds. The molecule has 3 rings (SSSR count). The van der Waals surface area contributed by atoms with E-state index < -0.39 is 10.9 Å². The molecule has 3 aromatic rings. The van der Waals surface area contributed by atoms with E-state index in [1.165, 1.54) is 0 Å². The summed E-state index contributed by atoms with van der Waals surface area (Å²) in [6, 6.07) is 12.6. The third-order valence-corrected chi connectivity index (χ3v) is 3.90. The summed E-state index contributed by atoms with van der Waals surface area (Å²) in [5.74, 6) is 1.29. The Bertz CT molecular complexity index is 951. The van der Waals surface area contributed by atoms with Crippen molar-refractivity contribution >= 4 is 11.4 Å². The van der Waals surface area contributed by atoms with Crippen LogP contribution in [0.25, 0.3) is 11.1 Å². The highest BCUT2D eigenvalue weighted by Gasteiger charge is 2.23. The van der Waals surface area contributed by atoms with Crippen LogP contribution in [0.5, 0.6) is 11.5 Å². The predicted molar refractivity (Wildman–Crippen MR) is 94.4 cm³/mol. The van der Waals surface area contributed by atoms with Gasteiger partial charge in [-0.15, -0.1) is 0 Å². The van der Waals surface area contributed by atoms with Crippen LogP contribution in [0.3, 0.4) is 0 Å². The predicted octanol–water partition coefficient (Wildman–Crippen LogP) is 3.02. The summed E-state index contributed by atoms with van der Waals surface area (Å²) in [6.45, 7) is 1.94. The van der Waals surface area contributed by atoms with E-state index in [0.717, 1.165) is 5.56 Å². The van der Waals surface area contributed by atoms with Crippen LogP contribution < -0.4 is 25.6 Å². The molecule has 0 saturated carbocycles. The molecule has 5 nitrogen and oxygen atoms in total. The molecule has 0 aliphatic carbocycles. The van der Waals surface area contributed by atoms with Crippen LogP contribution in [0, 0.1) is 6.92 Å². The van der Waals surface area contributed by atoms with Gasteiger partial charge in [-0.05, 0) is 42.3 Å². The van der Waals surface area contributed by atoms with Gasteiger partial charge in [0.2, 0.25) is 5.43 Å². The minimum atomic E-state index is -0.524. The maximum absolute atomic E-state index is 12.0. The molecule has 0 heterocycles. The molecule has 0 aromatic heterocycles. The Labute approximate surface area is 139 Å². The summed E-state index contributed by atoms with van der Waals surface area (Å²) in [6.07, 6.45) is 0. The largest absolute Gasteiger partial charge is 0.497 e. The first-order valence-corrected chi connectivity index (χ1v) is 7.44. The number of hydrogen-bond acceptors (Lipinski definition) is 5. The van der Waals surface area contributed by atoms with Gasteiger partial charge in [0, 0.05) is 0 Å². The molecule has 0 fully saturated rings. The molecular weight excluding hydrogens is 306 g/mol. The second-order valence-corrected chi connectivity index (χ2v) is 5.47. The summed E-state index contributed by atoms with van der Waals surface area (Å²) >= 11 is 0. The summed E-state index contributed by atoms with van der Waals surface area (Å²) < 4.78 is 10.4. The Morgan fingerprint density at radius 3 is 2.21 bits per heavy atom. The lowest BCUT2D eigenvalue weighted by Gasteiger charge is -2.16. The van der Waals surface area contributed by atoms with Gasteiger partial charge in [0.25, 0.3) is 5.43 Å². The van der Waals surface area contributed by atoms with Gasteiger partial charge in [0.05, 0.1) is 25.5 Å². The number of ether oxygens (including phenoxy) is 2. The van der Waals surface area contributed by atoms with Crippen LogP contribution in [0.4, 0.5) is 11.4 Å². The fraction of sp³-hybridized carbons (Fsp3) is 0.158. The molecule has 24 heavy (non-hydrogen) atoms. The zero-order valence-electron chi connectivity index (χ0n) is 13.7. The van der Waals surface area contributed by atoms with E-state index in [9.17, 15) is 9.59 Å². The fourth-order valence-corrected chi connectivity index (χ4v) is 2.60. The van der Waals surface area contributed by atoms with Crippen LogP contribution in [0.15, 0.2) is 52.1 Å². The van der Waals surface area contributed by atoms with Crippen LogP contribution >= 0.6 is 0 Å². The van der Waals surface area contributed by atoms with Gasteiger partial charge in [-0.3, -0.25) is 9.59 Å². The summed E-state index contributed by atoms with van der Waals surface area (Å²) in [4.78, 5) is 24.1. The van der Waals surface area contributed by atoms with Crippen molar-refractivity contribution in [1.82, 2.24) is 0 Å². The Morgan fingerprint density at radius 2 is 1.58 bits per heavy atom. The zero-order valence-corrected chi connectivity index (χ0v) is 13.7. The van der Waals surface area contributed by atoms with Crippen molar-refractivity contribution in [3.8, 4) is 22.6 Å². The first-order valence-electron chi connectivity index (χ1n) is 7.44. The van der Waals surface area contributed by atoms with E-state index in [4.69, 9.17) is 9.47 Å². The van der Waals surface area contributed by atoms with Crippen molar-refractivity contribution in [2.75, 3.05) is 19.5 Å². The zero-order chi connectivity index (χ0) is 17.3. The van der Waals surface area contributed by atoms with Crippen molar-refractivity contribution in [1.29, 1.82) is 0 Å². The number of benzene rings is 2. The molecule has 0 saturated heterocycles. The fourth-order valence-electron chi connectivity index (χ4n) is 2.60. The number of hydrogen-bond donors (Lipinski definition) is 1. The van der Waals surface area contributed by atoms with Gasteiger partial charge in [-0.2, -0.15) is 0 Å². The van der Waals surface area contributed by atoms with E-state index in [1.54, 1.807) is 38.5 Å². The highest BCUT2D eigenvalue weighted by atomic mass is 16.5. The highest BCUT2D eigenvalue weighted by Crippen LogP contribution is 2.32. The molecule has 0 bridgehead atoms. The minimum Gasteiger partial charge on any atom is -0.497 e. The Hall–Kier alpha value is -3.08. The van der Waals surface area contributed by atoms with E-state index in [0.29, 0.717) is 28.3 Å². The quantitative estimate of drug-likeness (QED) is 0.731. The van der Waals surface area contributed by atoms with Gasteiger partial charge < -0.3 is 14.8 Å². The molecular formula is C19H17NO4. The van der Waals surface area contributed by atoms with Crippen molar-refractivity contribution in [2.24, 2.45) is 0 Å². The van der Waals surface area contributed by atoms with Gasteiger partial charge in [0.1, 0.15) is 17.2 Å². The summed E-state index contributed by atoms with van der Waals surface area (Å²) in [7, 11) is 3.13. The normalized spacial score (nSPS) is 10.6. The lowest BCUT2D eigenvalue weighted by molar-refractivity contribution is 0.415. The first-order chi connectivity index (χ1) is 11.5. The second-order valence-electron chi connectivity index (χ2n) is 5.47. The summed E-state index contributed by atoms with van der Waals surface area (Å²) in [5, 5.41) is 3.05. The molecule has 0 radical (unpaired) electrons. The van der Waals surface area contributed by atoms with Crippen LogP contribution in [0.1, 0.15) is 5.56 Å². The molecule has 5 heteroatoms. The number of nitrogens with one attached hydrogen (secondary N) is 1. The molecule has 3 aromatic carbocycles. The Morgan fingerprint density at radius 1 is 0.875 bits per heavy atom. The standard InChI is InChI=1S/C19H17NO4/c1-11-4-9-15(24-3)14(10-11)20-17-16(18(21)19(17)22)12-5-7-13(23-2)8-6-12/h4-10,20H,1-3H3. The van der Waals surface area contributed by atoms with Crippen LogP contribution in [-0.4, -0.2) is 14.2 Å². The minimum absolute atomic E-state index is 0.286. The van der Waals surface area contributed by atoms with Crippen molar-refractivity contribution in [3.63, 3.8) is 0 Å². The average Bonchev–Trinajstić information content (AvgIpc) is 2.61. The number of rotatable bonds is 5. The molecule has 0 atom stereocenters. The molecule has 122 valence electrons. The van der Waals surface area contributed by atoms with E-state index in [-0.39, 0.29) is 5.69 Å². The molecule has 0 unspecified atom stereocenters. The van der Waals surface area contributed by atoms with Gasteiger partial charge in [0.15, 0.2) is 0 Å². The lowest BCUT2D eigenvalue weighted by atomic mass is 9.98. The maximum Gasteiger partial charge on any atom is 0.250 e.